The van der Waals surface area contributed by atoms with Crippen LogP contribution in [0.25, 0.3) is 0 Å². The summed E-state index contributed by atoms with van der Waals surface area (Å²) >= 11 is 0. The van der Waals surface area contributed by atoms with Gasteiger partial charge < -0.3 is 0 Å². The van der Waals surface area contributed by atoms with E-state index in [0.717, 1.165) is 0 Å². The summed E-state index contributed by atoms with van der Waals surface area (Å²) in [5.74, 6) is -14.7. The zero-order chi connectivity index (χ0) is 37.3. The Bertz CT molecular complexity index is 1710. The first-order chi connectivity index (χ1) is 20.8. The summed E-state index contributed by atoms with van der Waals surface area (Å²) in [4.78, 5) is -0.222. The topological polar surface area (TPSA) is 217 Å². The zero-order valence-corrected chi connectivity index (χ0v) is 25.5. The van der Waals surface area contributed by atoms with Gasteiger partial charge in [0.15, 0.2) is 0 Å². The van der Waals surface area contributed by atoms with E-state index in [1.165, 1.54) is 36.4 Å². The lowest BCUT2D eigenvalue weighted by atomic mass is 10.1. The van der Waals surface area contributed by atoms with Crippen molar-refractivity contribution in [2.75, 3.05) is 0 Å². The van der Waals surface area contributed by atoms with Crippen LogP contribution >= 0.6 is 0 Å². The molecule has 0 aliphatic heterocycles. The minimum Gasteiger partial charge on any atom is -0.282 e. The Hall–Kier alpha value is -3.33. The standard InChI is InChI=1S/3C6H6O3S.C4HF9O3S/c3*7-10(8,9)6-4-2-1-3-5-6;5-1(6,3(9,10)11)2(7,8)4(12,13)17(14,15)16/h3*1-5H,(H,7,8,9);(H,14,15,16). The maximum Gasteiger partial charge on any atom is 0.460 e. The summed E-state index contributed by atoms with van der Waals surface area (Å²) < 4.78 is 222. The third-order valence-corrected chi connectivity index (χ3v) is 8.07. The molecule has 4 N–H and O–H groups in total. The van der Waals surface area contributed by atoms with Gasteiger partial charge in [-0.15, -0.1) is 0 Å². The molecule has 0 saturated heterocycles. The Balaban J connectivity index is 0.000000618. The molecule has 0 saturated carbocycles. The second-order valence-electron chi connectivity index (χ2n) is 8.00. The molecular formula is C22H19F9O12S4. The van der Waals surface area contributed by atoms with Crippen LogP contribution in [0.5, 0.6) is 0 Å². The van der Waals surface area contributed by atoms with Gasteiger partial charge in [-0.3, -0.25) is 18.2 Å². The third-order valence-electron chi connectivity index (χ3n) is 4.56. The lowest BCUT2D eigenvalue weighted by Crippen LogP contribution is -2.63. The second kappa shape index (κ2) is 15.7. The number of benzene rings is 3. The Morgan fingerprint density at radius 3 is 0.723 bits per heavy atom. The zero-order valence-electron chi connectivity index (χ0n) is 22.2. The number of rotatable bonds is 6. The van der Waals surface area contributed by atoms with Gasteiger partial charge in [0.1, 0.15) is 0 Å². The maximum atomic E-state index is 12.2. The van der Waals surface area contributed by atoms with Crippen LogP contribution in [0.3, 0.4) is 0 Å². The van der Waals surface area contributed by atoms with Crippen molar-refractivity contribution in [3.8, 4) is 0 Å². The first-order valence-corrected chi connectivity index (χ1v) is 16.8. The number of halogens is 9. The summed E-state index contributed by atoms with van der Waals surface area (Å²) in [6.45, 7) is 0. The van der Waals surface area contributed by atoms with Gasteiger partial charge in [0.05, 0.1) is 14.7 Å². The molecule has 0 radical (unpaired) electrons. The lowest BCUT2D eigenvalue weighted by Gasteiger charge is -2.31. The second-order valence-corrected chi connectivity index (χ2v) is 13.7. The van der Waals surface area contributed by atoms with Crippen molar-refractivity contribution in [2.45, 2.75) is 38.0 Å². The average Bonchev–Trinajstić information content (AvgIpc) is 2.93. The van der Waals surface area contributed by atoms with E-state index in [1.807, 2.05) is 0 Å². The highest BCUT2D eigenvalue weighted by molar-refractivity contribution is 7.87. The Morgan fingerprint density at radius 2 is 0.596 bits per heavy atom. The molecule has 0 unspecified atom stereocenters. The molecular weight excluding hydrogens is 755 g/mol. The summed E-state index contributed by atoms with van der Waals surface area (Å²) in [7, 11) is -19.2. The fourth-order valence-electron chi connectivity index (χ4n) is 2.30. The molecule has 0 aliphatic rings. The van der Waals surface area contributed by atoms with Crippen molar-refractivity contribution in [3.05, 3.63) is 91.0 Å². The Morgan fingerprint density at radius 1 is 0.383 bits per heavy atom. The highest BCUT2D eigenvalue weighted by Gasteiger charge is 2.85. The van der Waals surface area contributed by atoms with Crippen LogP contribution in [-0.2, 0) is 40.5 Å². The van der Waals surface area contributed by atoms with Gasteiger partial charge in [0.25, 0.3) is 30.4 Å². The van der Waals surface area contributed by atoms with E-state index >= 15 is 0 Å². The van der Waals surface area contributed by atoms with Gasteiger partial charge in [0.2, 0.25) is 0 Å². The molecule has 266 valence electrons. The predicted molar refractivity (Wildman–Crippen MR) is 141 cm³/mol. The third kappa shape index (κ3) is 12.7. The fourth-order valence-corrected chi connectivity index (χ4v) is 4.26. The normalized spacial score (nSPS) is 13.0. The number of alkyl halides is 9. The van der Waals surface area contributed by atoms with Crippen LogP contribution in [0.1, 0.15) is 0 Å². The number of hydrogen-bond donors (Lipinski definition) is 4. The van der Waals surface area contributed by atoms with Crippen LogP contribution in [0.4, 0.5) is 39.5 Å². The smallest absolute Gasteiger partial charge is 0.282 e. The monoisotopic (exact) mass is 774 g/mol. The van der Waals surface area contributed by atoms with Crippen molar-refractivity contribution in [3.63, 3.8) is 0 Å². The molecule has 12 nitrogen and oxygen atoms in total. The van der Waals surface area contributed by atoms with Gasteiger partial charge in [-0.25, -0.2) is 0 Å². The molecule has 47 heavy (non-hydrogen) atoms. The van der Waals surface area contributed by atoms with Gasteiger partial charge in [-0.1, -0.05) is 54.6 Å². The van der Waals surface area contributed by atoms with E-state index in [-0.39, 0.29) is 14.7 Å². The molecule has 3 rings (SSSR count). The van der Waals surface area contributed by atoms with Crippen molar-refractivity contribution < 1.29 is 91.4 Å². The molecule has 0 spiro atoms. The van der Waals surface area contributed by atoms with Crippen LogP contribution < -0.4 is 0 Å². The first kappa shape index (κ1) is 43.7. The van der Waals surface area contributed by atoms with Crippen LogP contribution in [0.15, 0.2) is 106 Å². The largest absolute Gasteiger partial charge is 0.460 e. The van der Waals surface area contributed by atoms with Gasteiger partial charge in [0, 0.05) is 0 Å². The molecule has 0 atom stereocenters. The average molecular weight is 775 g/mol. The molecule has 0 aliphatic carbocycles. The molecule has 3 aromatic rings. The summed E-state index contributed by atoms with van der Waals surface area (Å²) in [5, 5.41) is -7.00. The summed E-state index contributed by atoms with van der Waals surface area (Å²) in [6, 6.07) is 22.3. The van der Waals surface area contributed by atoms with Crippen molar-refractivity contribution >= 4 is 40.5 Å². The number of hydrogen-bond acceptors (Lipinski definition) is 8. The molecule has 0 bridgehead atoms. The molecule has 0 fully saturated rings. The minimum atomic E-state index is -7.37. The van der Waals surface area contributed by atoms with E-state index in [4.69, 9.17) is 18.2 Å². The van der Waals surface area contributed by atoms with E-state index in [9.17, 15) is 73.2 Å². The van der Waals surface area contributed by atoms with Gasteiger partial charge >= 0.3 is 33.4 Å². The van der Waals surface area contributed by atoms with Crippen LogP contribution in [0.2, 0.25) is 0 Å². The SMILES string of the molecule is O=S(=O)(O)C(F)(F)C(F)(F)C(F)(F)C(F)(F)F.O=S(=O)(O)c1ccccc1.O=S(=O)(O)c1ccccc1.O=S(=O)(O)c1ccccc1. The Labute approximate surface area is 260 Å². The van der Waals surface area contributed by atoms with E-state index in [1.54, 1.807) is 54.6 Å². The highest BCUT2D eigenvalue weighted by atomic mass is 32.2. The molecule has 3 aromatic carbocycles. The summed E-state index contributed by atoms with van der Waals surface area (Å²) in [5.41, 5.74) is 0. The van der Waals surface area contributed by atoms with E-state index in [2.05, 4.69) is 0 Å². The van der Waals surface area contributed by atoms with Crippen molar-refractivity contribution in [1.82, 2.24) is 0 Å². The molecule has 0 heterocycles. The predicted octanol–water partition coefficient (Wildman–Crippen LogP) is 5.10. The Kier molecular flexibility index (Phi) is 14.6. The van der Waals surface area contributed by atoms with E-state index < -0.39 is 63.7 Å². The van der Waals surface area contributed by atoms with E-state index in [0.29, 0.717) is 0 Å². The van der Waals surface area contributed by atoms with Crippen molar-refractivity contribution in [2.24, 2.45) is 0 Å². The van der Waals surface area contributed by atoms with Gasteiger partial charge in [-0.05, 0) is 36.4 Å². The van der Waals surface area contributed by atoms with Gasteiger partial charge in [-0.2, -0.15) is 73.2 Å². The molecule has 0 aromatic heterocycles. The molecule has 0 amide bonds. The fraction of sp³-hybridized carbons (Fsp3) is 0.182. The highest BCUT2D eigenvalue weighted by Crippen LogP contribution is 2.54. The first-order valence-electron chi connectivity index (χ1n) is 11.1. The summed E-state index contributed by atoms with van der Waals surface area (Å²) in [6.07, 6.45) is -7.13. The minimum absolute atomic E-state index is 0.0741. The lowest BCUT2D eigenvalue weighted by molar-refractivity contribution is -0.382. The maximum absolute atomic E-state index is 12.2. The quantitative estimate of drug-likeness (QED) is 0.190. The van der Waals surface area contributed by atoms with Crippen molar-refractivity contribution in [1.29, 1.82) is 0 Å². The van der Waals surface area contributed by atoms with Crippen LogP contribution in [0, 0.1) is 0 Å². The van der Waals surface area contributed by atoms with Crippen LogP contribution in [-0.4, -0.2) is 75.2 Å². The molecule has 25 heteroatoms.